The van der Waals surface area contributed by atoms with E-state index in [0.717, 1.165) is 0 Å². The first-order valence-electron chi connectivity index (χ1n) is 8.56. The second-order valence-corrected chi connectivity index (χ2v) is 5.89. The SMILES string of the molecule is COc1cccc(NC(=O)CN(C)C(=O)/C=C/c2cccc(OC)c2OC)c1. The smallest absolute Gasteiger partial charge is 0.246 e. The first-order valence-corrected chi connectivity index (χ1v) is 8.56. The molecule has 0 saturated heterocycles. The number of carbonyl (C=O) groups excluding carboxylic acids is 2. The van der Waals surface area contributed by atoms with E-state index in [4.69, 9.17) is 14.2 Å². The molecule has 0 bridgehead atoms. The Morgan fingerprint density at radius 1 is 1.04 bits per heavy atom. The number of nitrogens with one attached hydrogen (secondary N) is 1. The molecule has 0 radical (unpaired) electrons. The van der Waals surface area contributed by atoms with Crippen molar-refractivity contribution in [2.75, 3.05) is 40.2 Å². The van der Waals surface area contributed by atoms with Crippen LogP contribution in [0, 0.1) is 0 Å². The van der Waals surface area contributed by atoms with Gasteiger partial charge in [-0.25, -0.2) is 0 Å². The first-order chi connectivity index (χ1) is 13.5. The largest absolute Gasteiger partial charge is 0.497 e. The lowest BCUT2D eigenvalue weighted by molar-refractivity contribution is -0.129. The minimum absolute atomic E-state index is 0.0877. The van der Waals surface area contributed by atoms with Crippen LogP contribution in [0.3, 0.4) is 0 Å². The van der Waals surface area contributed by atoms with Gasteiger partial charge in [-0.3, -0.25) is 9.59 Å². The first kappa shape index (κ1) is 20.8. The Labute approximate surface area is 164 Å². The van der Waals surface area contributed by atoms with Gasteiger partial charge in [-0.1, -0.05) is 18.2 Å². The zero-order chi connectivity index (χ0) is 20.5. The Morgan fingerprint density at radius 2 is 1.79 bits per heavy atom. The lowest BCUT2D eigenvalue weighted by Gasteiger charge is -2.15. The maximum atomic E-state index is 12.3. The van der Waals surface area contributed by atoms with E-state index in [1.807, 2.05) is 0 Å². The highest BCUT2D eigenvalue weighted by Crippen LogP contribution is 2.31. The van der Waals surface area contributed by atoms with E-state index in [1.54, 1.807) is 69.8 Å². The van der Waals surface area contributed by atoms with E-state index in [9.17, 15) is 9.59 Å². The predicted molar refractivity (Wildman–Crippen MR) is 108 cm³/mol. The van der Waals surface area contributed by atoms with Crippen LogP contribution >= 0.6 is 0 Å². The normalized spacial score (nSPS) is 10.4. The number of methoxy groups -OCH3 is 3. The average Bonchev–Trinajstić information content (AvgIpc) is 2.71. The van der Waals surface area contributed by atoms with Crippen LogP contribution in [0.2, 0.25) is 0 Å². The molecule has 0 aliphatic heterocycles. The average molecular weight is 384 g/mol. The van der Waals surface area contributed by atoms with Gasteiger partial charge in [0.1, 0.15) is 5.75 Å². The zero-order valence-electron chi connectivity index (χ0n) is 16.4. The number of para-hydroxylation sites is 1. The summed E-state index contributed by atoms with van der Waals surface area (Å²) >= 11 is 0. The van der Waals surface area contributed by atoms with Gasteiger partial charge < -0.3 is 24.4 Å². The molecule has 2 rings (SSSR count). The number of amides is 2. The molecule has 0 aliphatic carbocycles. The molecule has 2 amide bonds. The van der Waals surface area contributed by atoms with E-state index >= 15 is 0 Å². The number of likely N-dealkylation sites (N-methyl/N-ethyl adjacent to an activating group) is 1. The fraction of sp³-hybridized carbons (Fsp3) is 0.238. The Morgan fingerprint density at radius 3 is 2.46 bits per heavy atom. The van der Waals surface area contributed by atoms with Crippen molar-refractivity contribution in [3.63, 3.8) is 0 Å². The molecule has 1 N–H and O–H groups in total. The Bertz CT molecular complexity index is 864. The molecular weight excluding hydrogens is 360 g/mol. The van der Waals surface area contributed by atoms with Gasteiger partial charge in [-0.2, -0.15) is 0 Å². The van der Waals surface area contributed by atoms with Crippen LogP contribution < -0.4 is 19.5 Å². The minimum Gasteiger partial charge on any atom is -0.497 e. The number of anilines is 1. The Hall–Kier alpha value is -3.48. The minimum atomic E-state index is -0.314. The van der Waals surface area contributed by atoms with Crippen molar-refractivity contribution in [2.24, 2.45) is 0 Å². The third-order valence-electron chi connectivity index (χ3n) is 3.95. The van der Waals surface area contributed by atoms with Crippen LogP contribution in [-0.2, 0) is 9.59 Å². The second kappa shape index (κ2) is 10.0. The second-order valence-electron chi connectivity index (χ2n) is 5.89. The van der Waals surface area contributed by atoms with Gasteiger partial charge in [-0.15, -0.1) is 0 Å². The monoisotopic (exact) mass is 384 g/mol. The summed E-state index contributed by atoms with van der Waals surface area (Å²) < 4.78 is 15.7. The molecule has 0 atom stereocenters. The van der Waals surface area contributed by atoms with Gasteiger partial charge >= 0.3 is 0 Å². The number of ether oxygens (including phenoxy) is 3. The van der Waals surface area contributed by atoms with Crippen molar-refractivity contribution in [3.8, 4) is 17.2 Å². The molecule has 0 aromatic heterocycles. The summed E-state index contributed by atoms with van der Waals surface area (Å²) in [6, 6.07) is 12.4. The molecule has 0 aliphatic rings. The predicted octanol–water partition coefficient (Wildman–Crippen LogP) is 2.82. The number of hydrogen-bond donors (Lipinski definition) is 1. The summed E-state index contributed by atoms with van der Waals surface area (Å²) in [6.45, 7) is -0.0877. The zero-order valence-corrected chi connectivity index (χ0v) is 16.4. The fourth-order valence-corrected chi connectivity index (χ4v) is 2.53. The molecular formula is C21H24N2O5. The molecule has 7 heteroatoms. The van der Waals surface area contributed by atoms with Gasteiger partial charge in [0.25, 0.3) is 0 Å². The Kier molecular flexibility index (Phi) is 7.45. The third-order valence-corrected chi connectivity index (χ3v) is 3.95. The van der Waals surface area contributed by atoms with E-state index in [2.05, 4.69) is 5.32 Å². The van der Waals surface area contributed by atoms with Crippen molar-refractivity contribution in [3.05, 3.63) is 54.1 Å². The molecule has 28 heavy (non-hydrogen) atoms. The number of nitrogens with zero attached hydrogens (tertiary/aromatic N) is 1. The summed E-state index contributed by atoms with van der Waals surface area (Å²) in [5.41, 5.74) is 1.30. The fourth-order valence-electron chi connectivity index (χ4n) is 2.53. The maximum Gasteiger partial charge on any atom is 0.246 e. The van der Waals surface area contributed by atoms with Crippen LogP contribution in [0.15, 0.2) is 48.5 Å². The standard InChI is InChI=1S/C21H24N2O5/c1-23(14-19(24)22-16-8-6-9-17(13-16)26-2)20(25)12-11-15-7-5-10-18(27-3)21(15)28-4/h5-13H,14H2,1-4H3,(H,22,24)/b12-11+. The highest BCUT2D eigenvalue weighted by atomic mass is 16.5. The van der Waals surface area contributed by atoms with Gasteiger partial charge in [0.2, 0.25) is 11.8 Å². The van der Waals surface area contributed by atoms with Crippen LogP contribution in [0.1, 0.15) is 5.56 Å². The van der Waals surface area contributed by atoms with Crippen LogP contribution in [0.5, 0.6) is 17.2 Å². The molecule has 0 unspecified atom stereocenters. The van der Waals surface area contributed by atoms with E-state index in [0.29, 0.717) is 28.5 Å². The number of benzene rings is 2. The molecule has 7 nitrogen and oxygen atoms in total. The van der Waals surface area contributed by atoms with E-state index in [1.165, 1.54) is 18.1 Å². The number of rotatable bonds is 8. The lowest BCUT2D eigenvalue weighted by Crippen LogP contribution is -2.33. The van der Waals surface area contributed by atoms with Crippen LogP contribution in [-0.4, -0.2) is 51.6 Å². The molecule has 0 heterocycles. The summed E-state index contributed by atoms with van der Waals surface area (Å²) in [5.74, 6) is 1.12. The third kappa shape index (κ3) is 5.51. The topological polar surface area (TPSA) is 77.1 Å². The maximum absolute atomic E-state index is 12.3. The van der Waals surface area contributed by atoms with Gasteiger partial charge in [0.15, 0.2) is 11.5 Å². The van der Waals surface area contributed by atoms with E-state index in [-0.39, 0.29) is 18.4 Å². The van der Waals surface area contributed by atoms with Crippen LogP contribution in [0.25, 0.3) is 6.08 Å². The molecule has 2 aromatic rings. The molecule has 2 aromatic carbocycles. The van der Waals surface area contributed by atoms with Crippen molar-refractivity contribution >= 4 is 23.6 Å². The number of hydrogen-bond acceptors (Lipinski definition) is 5. The lowest BCUT2D eigenvalue weighted by atomic mass is 10.1. The quantitative estimate of drug-likeness (QED) is 0.708. The van der Waals surface area contributed by atoms with Gasteiger partial charge in [0, 0.05) is 30.4 Å². The summed E-state index contributed by atoms with van der Waals surface area (Å²) in [6.07, 6.45) is 3.01. The van der Waals surface area contributed by atoms with E-state index < -0.39 is 0 Å². The summed E-state index contributed by atoms with van der Waals surface area (Å²) in [7, 11) is 6.19. The highest BCUT2D eigenvalue weighted by molar-refractivity contribution is 5.98. The summed E-state index contributed by atoms with van der Waals surface area (Å²) in [4.78, 5) is 25.8. The van der Waals surface area contributed by atoms with Gasteiger partial charge in [0.05, 0.1) is 27.9 Å². The Balaban J connectivity index is 1.99. The van der Waals surface area contributed by atoms with Crippen molar-refractivity contribution in [2.45, 2.75) is 0 Å². The van der Waals surface area contributed by atoms with Crippen LogP contribution in [0.4, 0.5) is 5.69 Å². The molecule has 0 fully saturated rings. The molecule has 0 spiro atoms. The van der Waals surface area contributed by atoms with Crippen molar-refractivity contribution in [1.29, 1.82) is 0 Å². The molecule has 148 valence electrons. The van der Waals surface area contributed by atoms with Gasteiger partial charge in [-0.05, 0) is 24.3 Å². The van der Waals surface area contributed by atoms with Crippen molar-refractivity contribution in [1.82, 2.24) is 4.90 Å². The summed E-state index contributed by atoms with van der Waals surface area (Å²) in [5, 5.41) is 2.74. The molecule has 0 saturated carbocycles. The van der Waals surface area contributed by atoms with Crippen molar-refractivity contribution < 1.29 is 23.8 Å². The number of carbonyl (C=O) groups is 2. The highest BCUT2D eigenvalue weighted by Gasteiger charge is 2.12.